The third kappa shape index (κ3) is 4.54. The molecule has 0 aromatic heterocycles. The fraction of sp³-hybridized carbons (Fsp3) is 0.857. The van der Waals surface area contributed by atoms with Gasteiger partial charge >= 0.3 is 0 Å². The summed E-state index contributed by atoms with van der Waals surface area (Å²) in [5, 5.41) is 18.5. The molecular weight excluding hydrogens is 248 g/mol. The van der Waals surface area contributed by atoms with E-state index in [1.807, 2.05) is 0 Å². The summed E-state index contributed by atoms with van der Waals surface area (Å²) in [6, 6.07) is 0. The topological polar surface area (TPSA) is 68.2 Å². The van der Waals surface area contributed by atoms with Gasteiger partial charge in [0.15, 0.2) is 6.29 Å². The molecule has 2 aliphatic rings. The molecule has 0 aromatic carbocycles. The van der Waals surface area contributed by atoms with Gasteiger partial charge in [0.1, 0.15) is 0 Å². The van der Waals surface area contributed by atoms with Crippen LogP contribution in [-0.4, -0.2) is 56.1 Å². The van der Waals surface area contributed by atoms with E-state index in [1.165, 1.54) is 6.42 Å². The Morgan fingerprint density at radius 1 is 1.00 bits per heavy atom. The zero-order chi connectivity index (χ0) is 13.5. The van der Waals surface area contributed by atoms with Crippen LogP contribution in [0.4, 0.5) is 0 Å². The van der Waals surface area contributed by atoms with E-state index in [-0.39, 0.29) is 12.5 Å². The highest BCUT2D eigenvalue weighted by atomic mass is 16.6. The molecule has 2 bridgehead atoms. The third-order valence-corrected chi connectivity index (χ3v) is 3.82. The fourth-order valence-electron chi connectivity index (χ4n) is 2.89. The van der Waals surface area contributed by atoms with Gasteiger partial charge in [-0.1, -0.05) is 12.2 Å². The number of hydrogen-bond donors (Lipinski definition) is 2. The smallest absolute Gasteiger partial charge is 0.158 e. The van der Waals surface area contributed by atoms with Gasteiger partial charge in [0.2, 0.25) is 0 Å². The molecule has 0 saturated heterocycles. The van der Waals surface area contributed by atoms with Crippen LogP contribution in [0.15, 0.2) is 12.2 Å². The molecule has 0 heterocycles. The highest BCUT2D eigenvalue weighted by Gasteiger charge is 2.39. The molecule has 1 saturated carbocycles. The first-order chi connectivity index (χ1) is 9.31. The van der Waals surface area contributed by atoms with Crippen molar-refractivity contribution >= 4 is 0 Å². The summed E-state index contributed by atoms with van der Waals surface area (Å²) in [7, 11) is 0. The Bertz CT molecular complexity index is 281. The van der Waals surface area contributed by atoms with Gasteiger partial charge in [0, 0.05) is 5.92 Å². The number of allylic oxidation sites excluding steroid dienone is 2. The van der Waals surface area contributed by atoms with Crippen LogP contribution in [0, 0.1) is 17.8 Å². The SMILES string of the molecule is OCCOCCOCCOC(O)C1CC2C=CC1C2. The molecule has 19 heavy (non-hydrogen) atoms. The zero-order valence-corrected chi connectivity index (χ0v) is 11.2. The molecular formula is C14H24O5. The Labute approximate surface area is 114 Å². The lowest BCUT2D eigenvalue weighted by Crippen LogP contribution is -2.28. The highest BCUT2D eigenvalue weighted by Crippen LogP contribution is 2.45. The van der Waals surface area contributed by atoms with E-state index < -0.39 is 6.29 Å². The van der Waals surface area contributed by atoms with E-state index in [9.17, 15) is 5.11 Å². The van der Waals surface area contributed by atoms with Crippen LogP contribution in [0.5, 0.6) is 0 Å². The first kappa shape index (κ1) is 14.9. The van der Waals surface area contributed by atoms with Crippen LogP contribution in [0.25, 0.3) is 0 Å². The maximum absolute atomic E-state index is 9.98. The summed E-state index contributed by atoms with van der Waals surface area (Å²) in [6.45, 7) is 2.19. The molecule has 0 spiro atoms. The second-order valence-electron chi connectivity index (χ2n) is 5.15. The molecule has 1 fully saturated rings. The third-order valence-electron chi connectivity index (χ3n) is 3.82. The Kier molecular flexibility index (Phi) is 6.26. The Hall–Kier alpha value is -0.460. The minimum atomic E-state index is -0.672. The first-order valence-corrected chi connectivity index (χ1v) is 7.05. The van der Waals surface area contributed by atoms with Gasteiger partial charge in [-0.2, -0.15) is 0 Å². The van der Waals surface area contributed by atoms with E-state index >= 15 is 0 Å². The summed E-state index contributed by atoms with van der Waals surface area (Å²) in [5.74, 6) is 1.39. The standard InChI is InChI=1S/C14H24O5/c15-3-4-17-5-6-18-7-8-19-14(16)13-10-11-1-2-12(13)9-11/h1-2,11-16H,3-10H2. The number of ether oxygens (including phenoxy) is 3. The van der Waals surface area contributed by atoms with Crippen LogP contribution in [0.2, 0.25) is 0 Å². The summed E-state index contributed by atoms with van der Waals surface area (Å²) in [4.78, 5) is 0. The molecule has 5 heteroatoms. The molecule has 4 unspecified atom stereocenters. The maximum atomic E-state index is 9.98. The average molecular weight is 272 g/mol. The van der Waals surface area contributed by atoms with E-state index in [2.05, 4.69) is 12.2 Å². The molecule has 2 N–H and O–H groups in total. The summed E-state index contributed by atoms with van der Waals surface area (Å²) in [6.07, 6.45) is 6.00. The summed E-state index contributed by atoms with van der Waals surface area (Å²) in [5.41, 5.74) is 0. The molecule has 2 aliphatic carbocycles. The lowest BCUT2D eigenvalue weighted by molar-refractivity contribution is -0.149. The molecule has 0 radical (unpaired) electrons. The number of aliphatic hydroxyl groups is 2. The second kappa shape index (κ2) is 7.97. The van der Waals surface area contributed by atoms with Gasteiger partial charge in [-0.15, -0.1) is 0 Å². The van der Waals surface area contributed by atoms with Gasteiger partial charge in [0.25, 0.3) is 0 Å². The normalized spacial score (nSPS) is 30.1. The summed E-state index contributed by atoms with van der Waals surface area (Å²) >= 11 is 0. The van der Waals surface area contributed by atoms with Crippen molar-refractivity contribution in [2.24, 2.45) is 17.8 Å². The van der Waals surface area contributed by atoms with Crippen molar-refractivity contribution in [2.75, 3.05) is 39.6 Å². The van der Waals surface area contributed by atoms with Crippen molar-refractivity contribution in [3.05, 3.63) is 12.2 Å². The monoisotopic (exact) mass is 272 g/mol. The van der Waals surface area contributed by atoms with Gasteiger partial charge in [-0.3, -0.25) is 0 Å². The Morgan fingerprint density at radius 2 is 1.74 bits per heavy atom. The van der Waals surface area contributed by atoms with Crippen molar-refractivity contribution in [3.63, 3.8) is 0 Å². The summed E-state index contributed by atoms with van der Waals surface area (Å²) < 4.78 is 15.8. The van der Waals surface area contributed by atoms with Crippen molar-refractivity contribution in [1.29, 1.82) is 0 Å². The number of fused-ring (bicyclic) bond motifs is 2. The zero-order valence-electron chi connectivity index (χ0n) is 11.2. The van der Waals surface area contributed by atoms with Crippen LogP contribution < -0.4 is 0 Å². The largest absolute Gasteiger partial charge is 0.394 e. The number of rotatable bonds is 10. The highest BCUT2D eigenvalue weighted by molar-refractivity contribution is 5.10. The van der Waals surface area contributed by atoms with Crippen molar-refractivity contribution in [2.45, 2.75) is 19.1 Å². The van der Waals surface area contributed by atoms with Gasteiger partial charge in [-0.05, 0) is 24.7 Å². The quantitative estimate of drug-likeness (QED) is 0.345. The molecule has 0 amide bonds. The Balaban J connectivity index is 1.46. The average Bonchev–Trinajstić information content (AvgIpc) is 3.04. The van der Waals surface area contributed by atoms with Crippen LogP contribution in [-0.2, 0) is 14.2 Å². The van der Waals surface area contributed by atoms with Crippen molar-refractivity contribution in [1.82, 2.24) is 0 Å². The number of aliphatic hydroxyl groups excluding tert-OH is 2. The molecule has 2 rings (SSSR count). The first-order valence-electron chi connectivity index (χ1n) is 7.05. The van der Waals surface area contributed by atoms with Crippen LogP contribution in [0.3, 0.4) is 0 Å². The van der Waals surface area contributed by atoms with Gasteiger partial charge < -0.3 is 24.4 Å². The lowest BCUT2D eigenvalue weighted by Gasteiger charge is -2.24. The predicted octanol–water partition coefficient (Wildman–Crippen LogP) is 0.559. The minimum Gasteiger partial charge on any atom is -0.394 e. The molecule has 110 valence electrons. The van der Waals surface area contributed by atoms with Gasteiger partial charge in [0.05, 0.1) is 39.6 Å². The van der Waals surface area contributed by atoms with E-state index in [4.69, 9.17) is 19.3 Å². The fourth-order valence-corrected chi connectivity index (χ4v) is 2.89. The maximum Gasteiger partial charge on any atom is 0.158 e. The Morgan fingerprint density at radius 3 is 2.37 bits per heavy atom. The van der Waals surface area contributed by atoms with Gasteiger partial charge in [-0.25, -0.2) is 0 Å². The van der Waals surface area contributed by atoms with Crippen LogP contribution >= 0.6 is 0 Å². The van der Waals surface area contributed by atoms with E-state index in [0.29, 0.717) is 44.9 Å². The molecule has 4 atom stereocenters. The lowest BCUT2D eigenvalue weighted by atomic mass is 9.93. The molecule has 0 aliphatic heterocycles. The van der Waals surface area contributed by atoms with E-state index in [1.54, 1.807) is 0 Å². The molecule has 0 aromatic rings. The van der Waals surface area contributed by atoms with E-state index in [0.717, 1.165) is 6.42 Å². The minimum absolute atomic E-state index is 0.0350. The number of hydrogen-bond acceptors (Lipinski definition) is 5. The molecule has 5 nitrogen and oxygen atoms in total. The second-order valence-corrected chi connectivity index (χ2v) is 5.15. The van der Waals surface area contributed by atoms with Crippen molar-refractivity contribution in [3.8, 4) is 0 Å². The van der Waals surface area contributed by atoms with Crippen LogP contribution in [0.1, 0.15) is 12.8 Å². The predicted molar refractivity (Wildman–Crippen MR) is 69.5 cm³/mol. The van der Waals surface area contributed by atoms with Crippen molar-refractivity contribution < 1.29 is 24.4 Å².